The van der Waals surface area contributed by atoms with Gasteiger partial charge in [-0.2, -0.15) is 4.98 Å². The minimum absolute atomic E-state index is 0.192. The molecule has 1 aliphatic rings. The first-order valence-electron chi connectivity index (χ1n) is 6.42. The number of likely N-dealkylation sites (tertiary alicyclic amines) is 1. The van der Waals surface area contributed by atoms with Crippen molar-refractivity contribution in [1.29, 1.82) is 0 Å². The molecule has 0 aliphatic carbocycles. The summed E-state index contributed by atoms with van der Waals surface area (Å²) in [6.45, 7) is 2.09. The lowest BCUT2D eigenvalue weighted by molar-refractivity contribution is 0.111. The lowest BCUT2D eigenvalue weighted by atomic mass is 10.1. The number of fused-ring (bicyclic) bond motifs is 1. The fourth-order valence-electron chi connectivity index (χ4n) is 2.31. The molecule has 0 radical (unpaired) electrons. The highest BCUT2D eigenvalue weighted by Gasteiger charge is 2.20. The summed E-state index contributed by atoms with van der Waals surface area (Å²) in [6, 6.07) is 0. The average molecular weight is 262 g/mol. The van der Waals surface area contributed by atoms with E-state index in [9.17, 15) is 0 Å². The van der Waals surface area contributed by atoms with Gasteiger partial charge in [-0.15, -0.1) is 0 Å². The molecule has 1 aliphatic heterocycles. The molecule has 3 rings (SSSR count). The number of aromatic nitrogens is 3. The van der Waals surface area contributed by atoms with Crippen LogP contribution in [0, 0.1) is 0 Å². The van der Waals surface area contributed by atoms with Crippen LogP contribution in [0.4, 0.5) is 5.82 Å². The molecule has 7 heteroatoms. The number of hydrazine groups is 1. The van der Waals surface area contributed by atoms with E-state index in [1.165, 1.54) is 0 Å². The minimum Gasteiger partial charge on any atom is -0.472 e. The fourth-order valence-corrected chi connectivity index (χ4v) is 2.31. The van der Waals surface area contributed by atoms with Crippen LogP contribution in [0.1, 0.15) is 12.8 Å². The van der Waals surface area contributed by atoms with Gasteiger partial charge in [0.1, 0.15) is 6.10 Å². The molecule has 0 saturated carbocycles. The molecule has 0 amide bonds. The minimum atomic E-state index is 0.192. The van der Waals surface area contributed by atoms with E-state index in [4.69, 9.17) is 10.6 Å². The second-order valence-electron chi connectivity index (χ2n) is 4.85. The van der Waals surface area contributed by atoms with Gasteiger partial charge in [0.25, 0.3) is 5.88 Å². The second kappa shape index (κ2) is 5.02. The first kappa shape index (κ1) is 12.2. The molecule has 0 spiro atoms. The summed E-state index contributed by atoms with van der Waals surface area (Å²) in [5.74, 6) is 6.52. The molecular formula is C12H18N6O. The number of piperidine rings is 1. The van der Waals surface area contributed by atoms with Crippen molar-refractivity contribution in [1.82, 2.24) is 19.3 Å². The zero-order valence-corrected chi connectivity index (χ0v) is 10.9. The summed E-state index contributed by atoms with van der Waals surface area (Å²) in [6.07, 6.45) is 7.55. The molecule has 1 saturated heterocycles. The van der Waals surface area contributed by atoms with Gasteiger partial charge in [0.2, 0.25) is 5.65 Å². The largest absolute Gasteiger partial charge is 0.472 e. The van der Waals surface area contributed by atoms with Crippen LogP contribution in [-0.2, 0) is 0 Å². The first-order chi connectivity index (χ1) is 9.26. The quantitative estimate of drug-likeness (QED) is 0.619. The van der Waals surface area contributed by atoms with E-state index < -0.39 is 0 Å². The van der Waals surface area contributed by atoms with Gasteiger partial charge in [0.05, 0.1) is 6.20 Å². The van der Waals surface area contributed by atoms with Crippen molar-refractivity contribution in [3.05, 3.63) is 18.6 Å². The van der Waals surface area contributed by atoms with Crippen molar-refractivity contribution in [2.45, 2.75) is 18.9 Å². The van der Waals surface area contributed by atoms with Gasteiger partial charge in [-0.1, -0.05) is 0 Å². The van der Waals surface area contributed by atoms with Gasteiger partial charge in [0.15, 0.2) is 5.82 Å². The number of imidazole rings is 1. The Morgan fingerprint density at radius 3 is 2.95 bits per heavy atom. The number of ether oxygens (including phenoxy) is 1. The van der Waals surface area contributed by atoms with Crippen LogP contribution >= 0.6 is 0 Å². The number of anilines is 1. The maximum Gasteiger partial charge on any atom is 0.260 e. The Balaban J connectivity index is 1.85. The second-order valence-corrected chi connectivity index (χ2v) is 4.85. The summed E-state index contributed by atoms with van der Waals surface area (Å²) >= 11 is 0. The summed E-state index contributed by atoms with van der Waals surface area (Å²) in [5.41, 5.74) is 3.27. The van der Waals surface area contributed by atoms with E-state index in [-0.39, 0.29) is 6.10 Å². The maximum absolute atomic E-state index is 6.00. The third-order valence-corrected chi connectivity index (χ3v) is 3.44. The number of nitrogens with zero attached hydrogens (tertiary/aromatic N) is 4. The molecule has 3 heterocycles. The van der Waals surface area contributed by atoms with Crippen molar-refractivity contribution in [3.63, 3.8) is 0 Å². The standard InChI is InChI=1S/C12H18N6O/c1-17-5-2-9(3-6-17)19-12-11-14-4-7-18(11)8-10(15-12)16-13/h4,7-9,16H,2-3,5-6,13H2,1H3. The predicted octanol–water partition coefficient (Wildman–Crippen LogP) is 0.488. The molecule has 19 heavy (non-hydrogen) atoms. The number of rotatable bonds is 3. The van der Waals surface area contributed by atoms with E-state index in [0.717, 1.165) is 31.6 Å². The third-order valence-electron chi connectivity index (χ3n) is 3.44. The molecule has 3 N–H and O–H groups in total. The molecule has 2 aromatic rings. The highest BCUT2D eigenvalue weighted by molar-refractivity contribution is 5.53. The molecule has 102 valence electrons. The molecule has 0 bridgehead atoms. The average Bonchev–Trinajstić information content (AvgIpc) is 2.89. The summed E-state index contributed by atoms with van der Waals surface area (Å²) < 4.78 is 7.85. The predicted molar refractivity (Wildman–Crippen MR) is 71.9 cm³/mol. The SMILES string of the molecule is CN1CCC(Oc2nc(NN)cn3ccnc23)CC1. The van der Waals surface area contributed by atoms with E-state index in [2.05, 4.69) is 27.3 Å². The molecule has 0 unspecified atom stereocenters. The van der Waals surface area contributed by atoms with Gasteiger partial charge in [-0.25, -0.2) is 10.8 Å². The van der Waals surface area contributed by atoms with Crippen molar-refractivity contribution in [2.75, 3.05) is 25.6 Å². The van der Waals surface area contributed by atoms with E-state index in [1.54, 1.807) is 12.4 Å². The van der Waals surface area contributed by atoms with Crippen LogP contribution in [-0.4, -0.2) is 45.5 Å². The van der Waals surface area contributed by atoms with Gasteiger partial charge < -0.3 is 15.1 Å². The molecular weight excluding hydrogens is 244 g/mol. The summed E-state index contributed by atoms with van der Waals surface area (Å²) in [5, 5.41) is 0. The maximum atomic E-state index is 6.00. The smallest absolute Gasteiger partial charge is 0.260 e. The topological polar surface area (TPSA) is 80.7 Å². The Morgan fingerprint density at radius 1 is 1.42 bits per heavy atom. The molecule has 2 aromatic heterocycles. The number of hydrogen-bond donors (Lipinski definition) is 2. The van der Waals surface area contributed by atoms with Crippen LogP contribution < -0.4 is 16.0 Å². The van der Waals surface area contributed by atoms with Crippen molar-refractivity contribution in [2.24, 2.45) is 5.84 Å². The van der Waals surface area contributed by atoms with Crippen LogP contribution in [0.25, 0.3) is 5.65 Å². The Morgan fingerprint density at radius 2 is 2.21 bits per heavy atom. The van der Waals surface area contributed by atoms with Crippen molar-refractivity contribution >= 4 is 11.5 Å². The Kier molecular flexibility index (Phi) is 3.22. The fraction of sp³-hybridized carbons (Fsp3) is 0.500. The lowest BCUT2D eigenvalue weighted by Crippen LogP contribution is -2.35. The first-order valence-corrected chi connectivity index (χ1v) is 6.42. The zero-order valence-electron chi connectivity index (χ0n) is 10.9. The highest BCUT2D eigenvalue weighted by atomic mass is 16.5. The Hall–Kier alpha value is -1.86. The highest BCUT2D eigenvalue weighted by Crippen LogP contribution is 2.22. The molecule has 0 aromatic carbocycles. The van der Waals surface area contributed by atoms with E-state index in [0.29, 0.717) is 11.7 Å². The van der Waals surface area contributed by atoms with Crippen LogP contribution in [0.3, 0.4) is 0 Å². The zero-order chi connectivity index (χ0) is 13.2. The van der Waals surface area contributed by atoms with E-state index in [1.807, 2.05) is 10.6 Å². The number of nitrogens with one attached hydrogen (secondary N) is 1. The number of hydrogen-bond acceptors (Lipinski definition) is 6. The monoisotopic (exact) mass is 262 g/mol. The van der Waals surface area contributed by atoms with Crippen LogP contribution in [0.2, 0.25) is 0 Å². The van der Waals surface area contributed by atoms with Gasteiger partial charge >= 0.3 is 0 Å². The third kappa shape index (κ3) is 2.47. The summed E-state index contributed by atoms with van der Waals surface area (Å²) in [4.78, 5) is 10.9. The van der Waals surface area contributed by atoms with Gasteiger partial charge in [0, 0.05) is 25.5 Å². The van der Waals surface area contributed by atoms with Gasteiger partial charge in [-0.3, -0.25) is 4.40 Å². The molecule has 1 fully saturated rings. The van der Waals surface area contributed by atoms with Crippen molar-refractivity contribution in [3.8, 4) is 5.88 Å². The Bertz CT molecular complexity index is 560. The molecule has 0 atom stereocenters. The normalized spacial score (nSPS) is 17.8. The molecule has 7 nitrogen and oxygen atoms in total. The lowest BCUT2D eigenvalue weighted by Gasteiger charge is -2.29. The Labute approximate surface area is 111 Å². The van der Waals surface area contributed by atoms with Gasteiger partial charge in [-0.05, 0) is 19.9 Å². The number of nitrogen functional groups attached to an aromatic ring is 1. The van der Waals surface area contributed by atoms with Crippen LogP contribution in [0.15, 0.2) is 18.6 Å². The van der Waals surface area contributed by atoms with E-state index >= 15 is 0 Å². The van der Waals surface area contributed by atoms with Crippen LogP contribution in [0.5, 0.6) is 5.88 Å². The van der Waals surface area contributed by atoms with Crippen molar-refractivity contribution < 1.29 is 4.74 Å². The number of nitrogens with two attached hydrogens (primary N) is 1. The summed E-state index contributed by atoms with van der Waals surface area (Å²) in [7, 11) is 2.13.